The van der Waals surface area contributed by atoms with Crippen LogP contribution in [-0.4, -0.2) is 17.6 Å². The number of rotatable bonds is 3. The van der Waals surface area contributed by atoms with Crippen molar-refractivity contribution in [2.24, 2.45) is 0 Å². The molecule has 1 aromatic carbocycles. The SMILES string of the molecule is CC(Nc1ccccc1C(F)(F)F)C(=O)OC(C)(C)C. The standard InChI is InChI=1S/C14H18F3NO2/c1-9(12(19)20-13(2,3)4)18-11-8-6-5-7-10(11)14(15,16)17/h5-9,18H,1-4H3. The van der Waals surface area contributed by atoms with Crippen LogP contribution in [0.25, 0.3) is 0 Å². The quantitative estimate of drug-likeness (QED) is 0.859. The summed E-state index contributed by atoms with van der Waals surface area (Å²) in [4.78, 5) is 11.8. The summed E-state index contributed by atoms with van der Waals surface area (Å²) >= 11 is 0. The number of halogens is 3. The second-order valence-corrected chi connectivity index (χ2v) is 5.44. The van der Waals surface area contributed by atoms with E-state index in [0.29, 0.717) is 0 Å². The summed E-state index contributed by atoms with van der Waals surface area (Å²) in [5, 5.41) is 2.54. The highest BCUT2D eigenvalue weighted by atomic mass is 19.4. The normalized spacial score (nSPS) is 13.8. The van der Waals surface area contributed by atoms with Gasteiger partial charge in [-0.25, -0.2) is 4.79 Å². The van der Waals surface area contributed by atoms with E-state index in [2.05, 4.69) is 5.32 Å². The number of hydrogen-bond acceptors (Lipinski definition) is 3. The zero-order chi connectivity index (χ0) is 15.6. The summed E-state index contributed by atoms with van der Waals surface area (Å²) in [6, 6.07) is 4.14. The number of carbonyl (C=O) groups is 1. The molecule has 20 heavy (non-hydrogen) atoms. The monoisotopic (exact) mass is 289 g/mol. The number of hydrogen-bond donors (Lipinski definition) is 1. The van der Waals surface area contributed by atoms with Gasteiger partial charge in [0.2, 0.25) is 0 Å². The van der Waals surface area contributed by atoms with Crippen molar-refractivity contribution in [3.63, 3.8) is 0 Å². The van der Waals surface area contributed by atoms with Gasteiger partial charge in [-0.15, -0.1) is 0 Å². The highest BCUT2D eigenvalue weighted by Crippen LogP contribution is 2.34. The summed E-state index contributed by atoms with van der Waals surface area (Å²) in [6.07, 6.45) is -4.47. The molecule has 0 amide bonds. The molecule has 0 radical (unpaired) electrons. The van der Waals surface area contributed by atoms with Gasteiger partial charge >= 0.3 is 12.1 Å². The molecule has 0 aromatic heterocycles. The smallest absolute Gasteiger partial charge is 0.418 e. The Kier molecular flexibility index (Phi) is 4.68. The average molecular weight is 289 g/mol. The van der Waals surface area contributed by atoms with Gasteiger partial charge in [0.25, 0.3) is 0 Å². The molecule has 0 aliphatic rings. The molecule has 0 aliphatic heterocycles. The Morgan fingerprint density at radius 3 is 2.25 bits per heavy atom. The van der Waals surface area contributed by atoms with Crippen LogP contribution in [0.2, 0.25) is 0 Å². The van der Waals surface area contributed by atoms with Crippen LogP contribution < -0.4 is 5.32 Å². The van der Waals surface area contributed by atoms with Crippen molar-refractivity contribution in [1.82, 2.24) is 0 Å². The van der Waals surface area contributed by atoms with Gasteiger partial charge in [0.05, 0.1) is 5.56 Å². The fourth-order valence-electron chi connectivity index (χ4n) is 1.54. The number of carbonyl (C=O) groups excluding carboxylic acids is 1. The molecule has 0 spiro atoms. The van der Waals surface area contributed by atoms with Gasteiger partial charge in [-0.05, 0) is 39.8 Å². The average Bonchev–Trinajstić information content (AvgIpc) is 2.25. The fraction of sp³-hybridized carbons (Fsp3) is 0.500. The Morgan fingerprint density at radius 1 is 1.20 bits per heavy atom. The number of esters is 1. The van der Waals surface area contributed by atoms with E-state index >= 15 is 0 Å². The Morgan fingerprint density at radius 2 is 1.75 bits per heavy atom. The maximum absolute atomic E-state index is 12.8. The highest BCUT2D eigenvalue weighted by molar-refractivity contribution is 5.79. The van der Waals surface area contributed by atoms with E-state index in [9.17, 15) is 18.0 Å². The van der Waals surface area contributed by atoms with Gasteiger partial charge in [-0.2, -0.15) is 13.2 Å². The first-order chi connectivity index (χ1) is 9.00. The largest absolute Gasteiger partial charge is 0.458 e. The summed E-state index contributed by atoms with van der Waals surface area (Å²) in [7, 11) is 0. The Balaban J connectivity index is 2.86. The van der Waals surface area contributed by atoms with Gasteiger partial charge in [0, 0.05) is 5.69 Å². The zero-order valence-electron chi connectivity index (χ0n) is 11.8. The number of anilines is 1. The molecule has 0 saturated carbocycles. The molecular formula is C14H18F3NO2. The molecule has 1 unspecified atom stereocenters. The number of ether oxygens (including phenoxy) is 1. The Hall–Kier alpha value is -1.72. The lowest BCUT2D eigenvalue weighted by Crippen LogP contribution is -2.35. The van der Waals surface area contributed by atoms with Crippen molar-refractivity contribution in [1.29, 1.82) is 0 Å². The van der Waals surface area contributed by atoms with Crippen LogP contribution in [0.4, 0.5) is 18.9 Å². The predicted octanol–water partition coefficient (Wildman–Crippen LogP) is 3.85. The molecule has 1 atom stereocenters. The topological polar surface area (TPSA) is 38.3 Å². The van der Waals surface area contributed by atoms with Crippen LogP contribution in [0, 0.1) is 0 Å². The molecule has 0 bridgehead atoms. The van der Waals surface area contributed by atoms with Crippen LogP contribution in [0.5, 0.6) is 0 Å². The van der Waals surface area contributed by atoms with Crippen molar-refractivity contribution in [2.45, 2.75) is 45.5 Å². The second-order valence-electron chi connectivity index (χ2n) is 5.44. The second kappa shape index (κ2) is 5.73. The van der Waals surface area contributed by atoms with Crippen LogP contribution >= 0.6 is 0 Å². The molecule has 0 saturated heterocycles. The van der Waals surface area contributed by atoms with Crippen molar-refractivity contribution in [3.8, 4) is 0 Å². The van der Waals surface area contributed by atoms with Crippen molar-refractivity contribution in [3.05, 3.63) is 29.8 Å². The van der Waals surface area contributed by atoms with Crippen molar-refractivity contribution in [2.75, 3.05) is 5.32 Å². The van der Waals surface area contributed by atoms with Crippen molar-refractivity contribution >= 4 is 11.7 Å². The molecule has 3 nitrogen and oxygen atoms in total. The molecule has 6 heteroatoms. The van der Waals surface area contributed by atoms with Gasteiger partial charge in [-0.1, -0.05) is 12.1 Å². The maximum Gasteiger partial charge on any atom is 0.418 e. The summed E-state index contributed by atoms with van der Waals surface area (Å²) in [5.74, 6) is -0.602. The lowest BCUT2D eigenvalue weighted by Gasteiger charge is -2.24. The van der Waals surface area contributed by atoms with E-state index in [1.54, 1.807) is 20.8 Å². The van der Waals surface area contributed by atoms with Crippen LogP contribution in [0.15, 0.2) is 24.3 Å². The number of para-hydroxylation sites is 1. The third-order valence-electron chi connectivity index (χ3n) is 2.36. The van der Waals surface area contributed by atoms with E-state index in [4.69, 9.17) is 4.74 Å². The first-order valence-corrected chi connectivity index (χ1v) is 6.16. The fourth-order valence-corrected chi connectivity index (χ4v) is 1.54. The van der Waals surface area contributed by atoms with E-state index in [1.165, 1.54) is 25.1 Å². The first kappa shape index (κ1) is 16.3. The summed E-state index contributed by atoms with van der Waals surface area (Å²) in [5.41, 5.74) is -1.63. The van der Waals surface area contributed by atoms with Gasteiger partial charge < -0.3 is 10.1 Å². The zero-order valence-corrected chi connectivity index (χ0v) is 11.8. The van der Waals surface area contributed by atoms with Crippen LogP contribution in [-0.2, 0) is 15.7 Å². The van der Waals surface area contributed by atoms with E-state index < -0.39 is 29.4 Å². The first-order valence-electron chi connectivity index (χ1n) is 6.16. The van der Waals surface area contributed by atoms with Crippen LogP contribution in [0.3, 0.4) is 0 Å². The maximum atomic E-state index is 12.8. The third-order valence-corrected chi connectivity index (χ3v) is 2.36. The van der Waals surface area contributed by atoms with Gasteiger partial charge in [-0.3, -0.25) is 0 Å². The highest BCUT2D eigenvalue weighted by Gasteiger charge is 2.34. The Labute approximate surface area is 116 Å². The van der Waals surface area contributed by atoms with Gasteiger partial charge in [0.15, 0.2) is 0 Å². The molecule has 0 aliphatic carbocycles. The predicted molar refractivity (Wildman–Crippen MR) is 70.4 cm³/mol. The third kappa shape index (κ3) is 4.75. The molecule has 112 valence electrons. The van der Waals surface area contributed by atoms with Crippen LogP contribution in [0.1, 0.15) is 33.3 Å². The lowest BCUT2D eigenvalue weighted by molar-refractivity contribution is -0.155. The van der Waals surface area contributed by atoms with Crippen molar-refractivity contribution < 1.29 is 22.7 Å². The minimum absolute atomic E-state index is 0.140. The number of nitrogens with one attached hydrogen (secondary N) is 1. The summed E-state index contributed by atoms with van der Waals surface area (Å²) in [6.45, 7) is 6.55. The number of benzene rings is 1. The number of alkyl halides is 3. The van der Waals surface area contributed by atoms with E-state index in [0.717, 1.165) is 6.07 Å². The molecule has 0 heterocycles. The molecule has 1 aromatic rings. The van der Waals surface area contributed by atoms with Gasteiger partial charge in [0.1, 0.15) is 11.6 Å². The molecule has 1 rings (SSSR count). The molecule has 1 N–H and O–H groups in total. The molecular weight excluding hydrogens is 271 g/mol. The Bertz CT molecular complexity index is 478. The van der Waals surface area contributed by atoms with E-state index in [-0.39, 0.29) is 5.69 Å². The van der Waals surface area contributed by atoms with E-state index in [1.807, 2.05) is 0 Å². The summed E-state index contributed by atoms with van der Waals surface area (Å²) < 4.78 is 43.6. The lowest BCUT2D eigenvalue weighted by atomic mass is 10.1. The minimum Gasteiger partial charge on any atom is -0.458 e. The molecule has 0 fully saturated rings. The minimum atomic E-state index is -4.47.